The Hall–Kier alpha value is -1.75. The van der Waals surface area contributed by atoms with Gasteiger partial charge in [-0.2, -0.15) is 4.31 Å². The molecular formula is C15H14BrN3O4S2. The summed E-state index contributed by atoms with van der Waals surface area (Å²) < 4.78 is 37.8. The number of ether oxygens (including phenoxy) is 1. The molecule has 0 fully saturated rings. The summed E-state index contributed by atoms with van der Waals surface area (Å²) in [6, 6.07) is 8.61. The van der Waals surface area contributed by atoms with Gasteiger partial charge >= 0.3 is 0 Å². The van der Waals surface area contributed by atoms with Crippen LogP contribution in [0.3, 0.4) is 0 Å². The van der Waals surface area contributed by atoms with Crippen LogP contribution in [0.2, 0.25) is 0 Å². The molecule has 0 aliphatic heterocycles. The smallest absolute Gasteiger partial charge is 0.252 e. The molecule has 0 amide bonds. The van der Waals surface area contributed by atoms with Crippen molar-refractivity contribution in [2.45, 2.75) is 10.8 Å². The molecule has 3 rings (SSSR count). The Morgan fingerprint density at radius 2 is 2.12 bits per heavy atom. The molecule has 0 radical (unpaired) electrons. The van der Waals surface area contributed by atoms with E-state index in [2.05, 4.69) is 26.1 Å². The van der Waals surface area contributed by atoms with Gasteiger partial charge in [-0.05, 0) is 45.6 Å². The Kier molecular flexibility index (Phi) is 5.23. The molecule has 0 saturated carbocycles. The zero-order chi connectivity index (χ0) is 18.0. The number of methoxy groups -OCH3 is 1. The third-order valence-electron chi connectivity index (χ3n) is 3.38. The van der Waals surface area contributed by atoms with Crippen LogP contribution in [0.15, 0.2) is 48.8 Å². The second-order valence-electron chi connectivity index (χ2n) is 5.04. The lowest BCUT2D eigenvalue weighted by molar-refractivity contribution is 0.400. The molecule has 2 heterocycles. The first-order chi connectivity index (χ1) is 11.9. The van der Waals surface area contributed by atoms with Gasteiger partial charge in [-0.3, -0.25) is 0 Å². The van der Waals surface area contributed by atoms with Crippen molar-refractivity contribution >= 4 is 37.3 Å². The van der Waals surface area contributed by atoms with Crippen LogP contribution in [0.4, 0.5) is 0 Å². The molecule has 0 bridgehead atoms. The fourth-order valence-corrected chi connectivity index (χ4v) is 4.93. The highest BCUT2D eigenvalue weighted by Crippen LogP contribution is 2.30. The van der Waals surface area contributed by atoms with Crippen molar-refractivity contribution in [3.05, 3.63) is 46.1 Å². The lowest BCUT2D eigenvalue weighted by atomic mass is 10.2. The monoisotopic (exact) mass is 443 g/mol. The number of aromatic nitrogens is 2. The van der Waals surface area contributed by atoms with E-state index in [1.165, 1.54) is 11.4 Å². The summed E-state index contributed by atoms with van der Waals surface area (Å²) >= 11 is 4.56. The molecule has 0 unspecified atom stereocenters. The summed E-state index contributed by atoms with van der Waals surface area (Å²) in [7, 11) is -0.512. The number of sulfonamides is 1. The molecular weight excluding hydrogens is 430 g/mol. The van der Waals surface area contributed by atoms with Crippen molar-refractivity contribution in [1.29, 1.82) is 0 Å². The van der Waals surface area contributed by atoms with Crippen LogP contribution in [0.5, 0.6) is 5.75 Å². The molecule has 2 aromatic heterocycles. The summed E-state index contributed by atoms with van der Waals surface area (Å²) in [5.41, 5.74) is 0.704. The fraction of sp³-hybridized carbons (Fsp3) is 0.200. The molecule has 3 aromatic rings. The normalized spacial score (nSPS) is 11.8. The van der Waals surface area contributed by atoms with Gasteiger partial charge in [-0.1, -0.05) is 6.07 Å². The molecule has 10 heteroatoms. The highest BCUT2D eigenvalue weighted by atomic mass is 79.9. The zero-order valence-electron chi connectivity index (χ0n) is 13.3. The van der Waals surface area contributed by atoms with Gasteiger partial charge in [0.1, 0.15) is 9.96 Å². The Balaban J connectivity index is 1.79. The summed E-state index contributed by atoms with van der Waals surface area (Å²) in [6.45, 7) is -0.00937. The van der Waals surface area contributed by atoms with Crippen molar-refractivity contribution in [1.82, 2.24) is 14.5 Å². The quantitative estimate of drug-likeness (QED) is 0.580. The minimum atomic E-state index is -3.56. The van der Waals surface area contributed by atoms with E-state index in [1.54, 1.807) is 42.8 Å². The Morgan fingerprint density at radius 1 is 1.32 bits per heavy atom. The average Bonchev–Trinajstić information content (AvgIpc) is 3.26. The number of benzene rings is 1. The van der Waals surface area contributed by atoms with Crippen molar-refractivity contribution in [3.8, 4) is 17.2 Å². The van der Waals surface area contributed by atoms with Crippen LogP contribution in [0, 0.1) is 0 Å². The van der Waals surface area contributed by atoms with Gasteiger partial charge < -0.3 is 9.15 Å². The van der Waals surface area contributed by atoms with E-state index in [9.17, 15) is 8.42 Å². The van der Waals surface area contributed by atoms with E-state index in [1.807, 2.05) is 0 Å². The van der Waals surface area contributed by atoms with E-state index in [0.717, 1.165) is 15.8 Å². The van der Waals surface area contributed by atoms with Gasteiger partial charge in [0.15, 0.2) is 0 Å². The van der Waals surface area contributed by atoms with Crippen LogP contribution in [-0.2, 0) is 16.6 Å². The summed E-state index contributed by atoms with van der Waals surface area (Å²) in [6.07, 6.45) is 0. The molecule has 25 heavy (non-hydrogen) atoms. The maximum Gasteiger partial charge on any atom is 0.252 e. The Labute approximate surface area is 157 Å². The molecule has 0 saturated heterocycles. The van der Waals surface area contributed by atoms with E-state index in [4.69, 9.17) is 9.15 Å². The number of thiophene rings is 1. The molecule has 132 valence electrons. The first-order valence-corrected chi connectivity index (χ1v) is 10.2. The minimum Gasteiger partial charge on any atom is -0.496 e. The predicted molar refractivity (Wildman–Crippen MR) is 97.0 cm³/mol. The Bertz CT molecular complexity index is 971. The van der Waals surface area contributed by atoms with Crippen LogP contribution in [0.1, 0.15) is 5.89 Å². The lowest BCUT2D eigenvalue weighted by Crippen LogP contribution is -2.25. The van der Waals surface area contributed by atoms with E-state index in [0.29, 0.717) is 17.2 Å². The Morgan fingerprint density at radius 3 is 2.76 bits per heavy atom. The van der Waals surface area contributed by atoms with Crippen LogP contribution in [-0.4, -0.2) is 37.1 Å². The molecule has 0 N–H and O–H groups in total. The van der Waals surface area contributed by atoms with Gasteiger partial charge in [0.25, 0.3) is 10.0 Å². The lowest BCUT2D eigenvalue weighted by Gasteiger charge is -2.13. The van der Waals surface area contributed by atoms with Crippen LogP contribution >= 0.6 is 27.3 Å². The largest absolute Gasteiger partial charge is 0.496 e. The number of halogens is 1. The average molecular weight is 444 g/mol. The predicted octanol–water partition coefficient (Wildman–Crippen LogP) is 3.39. The third kappa shape index (κ3) is 3.76. The molecule has 7 nitrogen and oxygen atoms in total. The standard InChI is InChI=1S/C15H14BrN3O4S2/c1-19(25(20,21)14-4-3-7-24-14)9-13-17-18-15(23-13)10-5-6-12(22-2)11(16)8-10/h3-8H,9H2,1-2H3. The van der Waals surface area contributed by atoms with Crippen molar-refractivity contribution < 1.29 is 17.6 Å². The second-order valence-corrected chi connectivity index (χ2v) is 9.12. The SMILES string of the molecule is COc1ccc(-c2nnc(CN(C)S(=O)(=O)c3cccs3)o2)cc1Br. The topological polar surface area (TPSA) is 85.5 Å². The molecule has 1 aromatic carbocycles. The third-order valence-corrected chi connectivity index (χ3v) is 7.18. The van der Waals surface area contributed by atoms with Gasteiger partial charge in [0.2, 0.25) is 11.8 Å². The van der Waals surface area contributed by atoms with Gasteiger partial charge in [-0.25, -0.2) is 8.42 Å². The highest BCUT2D eigenvalue weighted by molar-refractivity contribution is 9.10. The first kappa shape index (κ1) is 18.1. The van der Waals surface area contributed by atoms with Crippen molar-refractivity contribution in [2.75, 3.05) is 14.2 Å². The molecule has 0 spiro atoms. The van der Waals surface area contributed by atoms with Crippen LogP contribution < -0.4 is 4.74 Å². The number of nitrogens with zero attached hydrogens (tertiary/aromatic N) is 3. The summed E-state index contributed by atoms with van der Waals surface area (Å²) in [5, 5.41) is 9.63. The molecule has 0 aliphatic rings. The summed E-state index contributed by atoms with van der Waals surface area (Å²) in [5.74, 6) is 1.20. The maximum absolute atomic E-state index is 12.4. The van der Waals surface area contributed by atoms with Gasteiger partial charge in [0, 0.05) is 12.6 Å². The number of hydrogen-bond acceptors (Lipinski definition) is 7. The van der Waals surface area contributed by atoms with Crippen LogP contribution in [0.25, 0.3) is 11.5 Å². The van der Waals surface area contributed by atoms with Gasteiger partial charge in [-0.15, -0.1) is 21.5 Å². The summed E-state index contributed by atoms with van der Waals surface area (Å²) in [4.78, 5) is 0. The van der Waals surface area contributed by atoms with E-state index in [-0.39, 0.29) is 16.6 Å². The van der Waals surface area contributed by atoms with E-state index < -0.39 is 10.0 Å². The molecule has 0 aliphatic carbocycles. The minimum absolute atomic E-state index is 0.00937. The van der Waals surface area contributed by atoms with Crippen molar-refractivity contribution in [2.24, 2.45) is 0 Å². The van der Waals surface area contributed by atoms with E-state index >= 15 is 0 Å². The van der Waals surface area contributed by atoms with Gasteiger partial charge in [0.05, 0.1) is 18.1 Å². The molecule has 0 atom stereocenters. The maximum atomic E-state index is 12.4. The number of rotatable bonds is 6. The second kappa shape index (κ2) is 7.24. The van der Waals surface area contributed by atoms with Crippen molar-refractivity contribution in [3.63, 3.8) is 0 Å². The first-order valence-electron chi connectivity index (χ1n) is 7.08. The number of hydrogen-bond donors (Lipinski definition) is 0. The zero-order valence-corrected chi connectivity index (χ0v) is 16.6. The highest BCUT2D eigenvalue weighted by Gasteiger charge is 2.24. The fourth-order valence-electron chi connectivity index (χ4n) is 2.07.